The molecule has 1 atom stereocenters. The lowest BCUT2D eigenvalue weighted by Crippen LogP contribution is -2.37. The number of ether oxygens (including phenoxy) is 2. The topological polar surface area (TPSA) is 59.8 Å². The summed E-state index contributed by atoms with van der Waals surface area (Å²) in [5.74, 6) is 1.54. The fraction of sp³-hybridized carbons (Fsp3) is 0.348. The lowest BCUT2D eigenvalue weighted by molar-refractivity contribution is 0.0669. The summed E-state index contributed by atoms with van der Waals surface area (Å²) >= 11 is 0. The van der Waals surface area contributed by atoms with E-state index >= 15 is 0 Å². The molecule has 0 bridgehead atoms. The van der Waals surface area contributed by atoms with Gasteiger partial charge < -0.3 is 14.6 Å². The molecule has 29 heavy (non-hydrogen) atoms. The molecule has 150 valence electrons. The molecule has 0 spiro atoms. The Labute approximate surface area is 170 Å². The molecule has 2 aliphatic heterocycles. The van der Waals surface area contributed by atoms with Gasteiger partial charge in [0, 0.05) is 30.4 Å². The van der Waals surface area contributed by atoms with Crippen molar-refractivity contribution in [3.63, 3.8) is 0 Å². The zero-order valence-corrected chi connectivity index (χ0v) is 16.3. The first-order chi connectivity index (χ1) is 14.2. The largest absolute Gasteiger partial charge is 0.454 e. The summed E-state index contributed by atoms with van der Waals surface area (Å²) in [6.45, 7) is 3.47. The number of hydrogen-bond donors (Lipinski definition) is 1. The second-order valence-corrected chi connectivity index (χ2v) is 7.79. The zero-order chi connectivity index (χ0) is 19.6. The highest BCUT2D eigenvalue weighted by Gasteiger charge is 2.22. The Kier molecular flexibility index (Phi) is 4.96. The SMILES string of the molecule is O[C@H]1CCCN(Cc2cn(Cc3ccccc3)nc2-c2ccc3c(c2)OCO3)C1. The Balaban J connectivity index is 1.47. The quantitative estimate of drug-likeness (QED) is 0.723. The van der Waals surface area contributed by atoms with E-state index in [4.69, 9.17) is 14.6 Å². The third-order valence-electron chi connectivity index (χ3n) is 5.55. The molecule has 1 fully saturated rings. The van der Waals surface area contributed by atoms with Crippen LogP contribution < -0.4 is 9.47 Å². The van der Waals surface area contributed by atoms with E-state index in [0.717, 1.165) is 60.8 Å². The van der Waals surface area contributed by atoms with Crippen LogP contribution in [0.4, 0.5) is 0 Å². The Morgan fingerprint density at radius 1 is 1.03 bits per heavy atom. The first kappa shape index (κ1) is 18.2. The Morgan fingerprint density at radius 3 is 2.76 bits per heavy atom. The minimum Gasteiger partial charge on any atom is -0.454 e. The maximum Gasteiger partial charge on any atom is 0.231 e. The van der Waals surface area contributed by atoms with E-state index in [1.54, 1.807) is 0 Å². The third-order valence-corrected chi connectivity index (χ3v) is 5.55. The molecule has 6 nitrogen and oxygen atoms in total. The highest BCUT2D eigenvalue weighted by molar-refractivity contribution is 5.67. The van der Waals surface area contributed by atoms with Crippen LogP contribution >= 0.6 is 0 Å². The summed E-state index contributed by atoms with van der Waals surface area (Å²) in [6.07, 6.45) is 3.81. The third kappa shape index (κ3) is 3.99. The normalized spacial score (nSPS) is 18.9. The number of aromatic nitrogens is 2. The molecular formula is C23H25N3O3. The molecule has 1 N–H and O–H groups in total. The summed E-state index contributed by atoms with van der Waals surface area (Å²) in [6, 6.07) is 16.3. The highest BCUT2D eigenvalue weighted by Crippen LogP contribution is 2.36. The van der Waals surface area contributed by atoms with Gasteiger partial charge in [-0.1, -0.05) is 30.3 Å². The van der Waals surface area contributed by atoms with Gasteiger partial charge in [-0.2, -0.15) is 5.10 Å². The summed E-state index contributed by atoms with van der Waals surface area (Å²) in [7, 11) is 0. The van der Waals surface area contributed by atoms with Crippen molar-refractivity contribution in [2.24, 2.45) is 0 Å². The van der Waals surface area contributed by atoms with Gasteiger partial charge in [0.15, 0.2) is 11.5 Å². The van der Waals surface area contributed by atoms with E-state index in [2.05, 4.69) is 23.2 Å². The number of benzene rings is 2. The molecule has 3 aromatic rings. The molecule has 0 radical (unpaired) electrons. The fourth-order valence-electron chi connectivity index (χ4n) is 4.13. The van der Waals surface area contributed by atoms with Gasteiger partial charge in [-0.3, -0.25) is 9.58 Å². The van der Waals surface area contributed by atoms with Gasteiger partial charge in [0.2, 0.25) is 6.79 Å². The monoisotopic (exact) mass is 391 g/mol. The minimum absolute atomic E-state index is 0.239. The number of fused-ring (bicyclic) bond motifs is 1. The average molecular weight is 391 g/mol. The second-order valence-electron chi connectivity index (χ2n) is 7.79. The van der Waals surface area contributed by atoms with Crippen LogP contribution in [0.15, 0.2) is 54.7 Å². The Morgan fingerprint density at radius 2 is 1.90 bits per heavy atom. The van der Waals surface area contributed by atoms with Crippen molar-refractivity contribution in [1.29, 1.82) is 0 Å². The molecule has 6 heteroatoms. The van der Waals surface area contributed by atoms with Crippen LogP contribution in [0.2, 0.25) is 0 Å². The first-order valence-corrected chi connectivity index (χ1v) is 10.2. The molecule has 2 aliphatic rings. The predicted octanol–water partition coefficient (Wildman–Crippen LogP) is 3.28. The van der Waals surface area contributed by atoms with Crippen molar-refractivity contribution in [3.8, 4) is 22.8 Å². The van der Waals surface area contributed by atoms with Crippen LogP contribution in [-0.4, -0.2) is 45.8 Å². The predicted molar refractivity (Wildman–Crippen MR) is 110 cm³/mol. The van der Waals surface area contributed by atoms with Crippen LogP contribution in [-0.2, 0) is 13.1 Å². The molecule has 3 heterocycles. The van der Waals surface area contributed by atoms with Gasteiger partial charge in [0.25, 0.3) is 0 Å². The number of hydrogen-bond acceptors (Lipinski definition) is 5. The van der Waals surface area contributed by atoms with Gasteiger partial charge in [0.05, 0.1) is 18.3 Å². The number of aliphatic hydroxyl groups is 1. The Bertz CT molecular complexity index is 986. The van der Waals surface area contributed by atoms with Gasteiger partial charge in [0.1, 0.15) is 0 Å². The fourth-order valence-corrected chi connectivity index (χ4v) is 4.13. The lowest BCUT2D eigenvalue weighted by atomic mass is 10.0. The molecule has 5 rings (SSSR count). The number of piperidine rings is 1. The summed E-state index contributed by atoms with van der Waals surface area (Å²) in [4.78, 5) is 2.31. The maximum absolute atomic E-state index is 10.1. The van der Waals surface area contributed by atoms with Crippen LogP contribution in [0.1, 0.15) is 24.0 Å². The smallest absolute Gasteiger partial charge is 0.231 e. The van der Waals surface area contributed by atoms with E-state index in [1.165, 1.54) is 5.56 Å². The molecule has 1 aromatic heterocycles. The second kappa shape index (κ2) is 7.89. The van der Waals surface area contributed by atoms with Crippen molar-refractivity contribution < 1.29 is 14.6 Å². The highest BCUT2D eigenvalue weighted by atomic mass is 16.7. The lowest BCUT2D eigenvalue weighted by Gasteiger charge is -2.29. The molecule has 0 aliphatic carbocycles. The van der Waals surface area contributed by atoms with Gasteiger partial charge >= 0.3 is 0 Å². The number of nitrogens with zero attached hydrogens (tertiary/aromatic N) is 3. The van der Waals surface area contributed by atoms with Crippen molar-refractivity contribution in [2.75, 3.05) is 19.9 Å². The Hall–Kier alpha value is -2.83. The summed E-state index contributed by atoms with van der Waals surface area (Å²) < 4.78 is 13.0. The van der Waals surface area contributed by atoms with Crippen molar-refractivity contribution >= 4 is 0 Å². The number of rotatable bonds is 5. The maximum atomic E-state index is 10.1. The minimum atomic E-state index is -0.239. The van der Waals surface area contributed by atoms with Crippen molar-refractivity contribution in [1.82, 2.24) is 14.7 Å². The van der Waals surface area contributed by atoms with E-state index < -0.39 is 0 Å². The summed E-state index contributed by atoms with van der Waals surface area (Å²) in [5.41, 5.74) is 4.36. The molecule has 0 unspecified atom stereocenters. The van der Waals surface area contributed by atoms with E-state index in [1.807, 2.05) is 41.1 Å². The molecule has 0 saturated carbocycles. The number of likely N-dealkylation sites (tertiary alicyclic amines) is 1. The zero-order valence-electron chi connectivity index (χ0n) is 16.3. The summed E-state index contributed by atoms with van der Waals surface area (Å²) in [5, 5.41) is 15.0. The molecule has 0 amide bonds. The van der Waals surface area contributed by atoms with Crippen LogP contribution in [0, 0.1) is 0 Å². The first-order valence-electron chi connectivity index (χ1n) is 10.2. The van der Waals surface area contributed by atoms with Crippen LogP contribution in [0.3, 0.4) is 0 Å². The molecule has 2 aromatic carbocycles. The van der Waals surface area contributed by atoms with Crippen LogP contribution in [0.25, 0.3) is 11.3 Å². The van der Waals surface area contributed by atoms with Gasteiger partial charge in [-0.05, 0) is 43.1 Å². The van der Waals surface area contributed by atoms with Crippen molar-refractivity contribution in [3.05, 3.63) is 65.9 Å². The van der Waals surface area contributed by atoms with Gasteiger partial charge in [-0.15, -0.1) is 0 Å². The van der Waals surface area contributed by atoms with E-state index in [-0.39, 0.29) is 12.9 Å². The molecular weight excluding hydrogens is 366 g/mol. The van der Waals surface area contributed by atoms with E-state index in [9.17, 15) is 5.11 Å². The number of β-amino-alcohol motifs (C(OH)–C–C–N with tert-alkyl or cyclic N) is 1. The molecule has 1 saturated heterocycles. The average Bonchev–Trinajstić information content (AvgIpc) is 3.35. The van der Waals surface area contributed by atoms with Crippen LogP contribution in [0.5, 0.6) is 11.5 Å². The number of aliphatic hydroxyl groups excluding tert-OH is 1. The van der Waals surface area contributed by atoms with Gasteiger partial charge in [-0.25, -0.2) is 0 Å². The standard InChI is InChI=1S/C23H25N3O3/c27-20-7-4-10-25(15-20)13-19-14-26(12-17-5-2-1-3-6-17)24-23(19)18-8-9-21-22(11-18)29-16-28-21/h1-3,5-6,8-9,11,14,20,27H,4,7,10,12-13,15-16H2/t20-/m0/s1. The van der Waals surface area contributed by atoms with Crippen molar-refractivity contribution in [2.45, 2.75) is 32.0 Å². The van der Waals surface area contributed by atoms with E-state index in [0.29, 0.717) is 6.54 Å².